The second-order valence-electron chi connectivity index (χ2n) is 3.98. The van der Waals surface area contributed by atoms with Crippen molar-refractivity contribution in [1.82, 2.24) is 0 Å². The van der Waals surface area contributed by atoms with Gasteiger partial charge in [-0.05, 0) is 18.3 Å². The predicted molar refractivity (Wildman–Crippen MR) is 60.5 cm³/mol. The smallest absolute Gasteiger partial charge is 0.0493 e. The van der Waals surface area contributed by atoms with Crippen LogP contribution >= 0.6 is 0 Å². The van der Waals surface area contributed by atoms with Gasteiger partial charge in [-0.2, -0.15) is 0 Å². The van der Waals surface area contributed by atoms with Crippen LogP contribution in [0.15, 0.2) is 0 Å². The SMILES string of the molecule is CCCCC(COC)C(CC)COC. The van der Waals surface area contributed by atoms with Crippen LogP contribution in [0.4, 0.5) is 0 Å². The largest absolute Gasteiger partial charge is 0.384 e. The number of unbranched alkanes of at least 4 members (excludes halogenated alkanes) is 1. The van der Waals surface area contributed by atoms with Gasteiger partial charge in [-0.3, -0.25) is 0 Å². The molecular formula is C12H26O2. The van der Waals surface area contributed by atoms with Gasteiger partial charge in [-0.15, -0.1) is 0 Å². The number of methoxy groups -OCH3 is 2. The molecule has 2 atom stereocenters. The number of hydrogen-bond donors (Lipinski definition) is 0. The number of rotatable bonds is 9. The summed E-state index contributed by atoms with van der Waals surface area (Å²) in [6.07, 6.45) is 5.02. The van der Waals surface area contributed by atoms with Gasteiger partial charge in [-0.1, -0.05) is 33.1 Å². The van der Waals surface area contributed by atoms with Crippen LogP contribution in [0, 0.1) is 11.8 Å². The molecule has 0 aliphatic rings. The molecule has 2 nitrogen and oxygen atoms in total. The van der Waals surface area contributed by atoms with Crippen LogP contribution in [0.2, 0.25) is 0 Å². The Morgan fingerprint density at radius 3 is 1.93 bits per heavy atom. The van der Waals surface area contributed by atoms with Crippen LogP contribution in [0.5, 0.6) is 0 Å². The van der Waals surface area contributed by atoms with E-state index in [4.69, 9.17) is 9.47 Å². The van der Waals surface area contributed by atoms with Crippen molar-refractivity contribution in [3.05, 3.63) is 0 Å². The molecule has 0 heterocycles. The molecule has 0 aliphatic carbocycles. The molecule has 0 saturated carbocycles. The maximum atomic E-state index is 5.27. The summed E-state index contributed by atoms with van der Waals surface area (Å²) in [6, 6.07) is 0. The van der Waals surface area contributed by atoms with Crippen molar-refractivity contribution in [3.8, 4) is 0 Å². The summed E-state index contributed by atoms with van der Waals surface area (Å²) in [5.74, 6) is 1.33. The molecule has 0 saturated heterocycles. The summed E-state index contributed by atoms with van der Waals surface area (Å²) in [7, 11) is 3.57. The summed E-state index contributed by atoms with van der Waals surface area (Å²) >= 11 is 0. The highest BCUT2D eigenvalue weighted by atomic mass is 16.5. The molecule has 0 radical (unpaired) electrons. The lowest BCUT2D eigenvalue weighted by atomic mass is 9.87. The Labute approximate surface area is 89.0 Å². The van der Waals surface area contributed by atoms with E-state index >= 15 is 0 Å². The standard InChI is InChI=1S/C12H26O2/c1-5-7-8-12(10-14-4)11(6-2)9-13-3/h11-12H,5-10H2,1-4H3. The zero-order valence-electron chi connectivity index (χ0n) is 10.2. The van der Waals surface area contributed by atoms with Gasteiger partial charge in [0.05, 0.1) is 0 Å². The second kappa shape index (κ2) is 9.47. The zero-order valence-corrected chi connectivity index (χ0v) is 10.2. The van der Waals surface area contributed by atoms with Crippen LogP contribution < -0.4 is 0 Å². The first kappa shape index (κ1) is 13.9. The first-order valence-corrected chi connectivity index (χ1v) is 5.77. The second-order valence-corrected chi connectivity index (χ2v) is 3.98. The molecule has 0 aromatic heterocycles. The van der Waals surface area contributed by atoms with E-state index in [0.717, 1.165) is 13.2 Å². The van der Waals surface area contributed by atoms with Gasteiger partial charge in [0.25, 0.3) is 0 Å². The summed E-state index contributed by atoms with van der Waals surface area (Å²) in [5.41, 5.74) is 0. The predicted octanol–water partition coefficient (Wildman–Crippen LogP) is 3.11. The summed E-state index contributed by atoms with van der Waals surface area (Å²) in [4.78, 5) is 0. The molecule has 0 fully saturated rings. The Hall–Kier alpha value is -0.0800. The average molecular weight is 202 g/mol. The van der Waals surface area contributed by atoms with Gasteiger partial charge in [0.1, 0.15) is 0 Å². The van der Waals surface area contributed by atoms with Crippen molar-refractivity contribution in [2.24, 2.45) is 11.8 Å². The van der Waals surface area contributed by atoms with Gasteiger partial charge in [0.15, 0.2) is 0 Å². The first-order valence-electron chi connectivity index (χ1n) is 5.77. The number of ether oxygens (including phenoxy) is 2. The minimum Gasteiger partial charge on any atom is -0.384 e. The lowest BCUT2D eigenvalue weighted by Crippen LogP contribution is -2.23. The third-order valence-corrected chi connectivity index (χ3v) is 2.88. The van der Waals surface area contributed by atoms with Crippen LogP contribution in [-0.2, 0) is 9.47 Å². The maximum absolute atomic E-state index is 5.27. The fraction of sp³-hybridized carbons (Fsp3) is 1.00. The first-order chi connectivity index (χ1) is 6.79. The van der Waals surface area contributed by atoms with E-state index in [-0.39, 0.29) is 0 Å². The van der Waals surface area contributed by atoms with E-state index in [1.165, 1.54) is 25.7 Å². The maximum Gasteiger partial charge on any atom is 0.0493 e. The van der Waals surface area contributed by atoms with Crippen molar-refractivity contribution < 1.29 is 9.47 Å². The molecule has 0 bridgehead atoms. The van der Waals surface area contributed by atoms with Crippen molar-refractivity contribution in [2.45, 2.75) is 39.5 Å². The van der Waals surface area contributed by atoms with Crippen molar-refractivity contribution in [1.29, 1.82) is 0 Å². The quantitative estimate of drug-likeness (QED) is 0.572. The fourth-order valence-electron chi connectivity index (χ4n) is 1.94. The third kappa shape index (κ3) is 5.61. The Morgan fingerprint density at radius 2 is 1.50 bits per heavy atom. The zero-order chi connectivity index (χ0) is 10.8. The van der Waals surface area contributed by atoms with E-state index in [0.29, 0.717) is 11.8 Å². The Kier molecular flexibility index (Phi) is 9.42. The van der Waals surface area contributed by atoms with Gasteiger partial charge >= 0.3 is 0 Å². The van der Waals surface area contributed by atoms with Crippen LogP contribution in [-0.4, -0.2) is 27.4 Å². The molecule has 0 spiro atoms. The molecule has 0 amide bonds. The summed E-state index contributed by atoms with van der Waals surface area (Å²) in [6.45, 7) is 6.22. The lowest BCUT2D eigenvalue weighted by molar-refractivity contribution is 0.0629. The molecule has 0 aliphatic heterocycles. The van der Waals surface area contributed by atoms with E-state index in [2.05, 4.69) is 13.8 Å². The Morgan fingerprint density at radius 1 is 0.929 bits per heavy atom. The van der Waals surface area contributed by atoms with Gasteiger partial charge in [-0.25, -0.2) is 0 Å². The number of hydrogen-bond acceptors (Lipinski definition) is 2. The molecular weight excluding hydrogens is 176 g/mol. The van der Waals surface area contributed by atoms with Crippen LogP contribution in [0.1, 0.15) is 39.5 Å². The highest BCUT2D eigenvalue weighted by Gasteiger charge is 2.19. The highest BCUT2D eigenvalue weighted by Crippen LogP contribution is 2.22. The van der Waals surface area contributed by atoms with Crippen molar-refractivity contribution in [3.63, 3.8) is 0 Å². The molecule has 0 aromatic rings. The molecule has 2 heteroatoms. The van der Waals surface area contributed by atoms with Gasteiger partial charge in [0, 0.05) is 27.4 Å². The summed E-state index contributed by atoms with van der Waals surface area (Å²) < 4.78 is 10.5. The molecule has 0 aromatic carbocycles. The normalized spacial score (nSPS) is 15.4. The Balaban J connectivity index is 3.97. The highest BCUT2D eigenvalue weighted by molar-refractivity contribution is 4.68. The topological polar surface area (TPSA) is 18.5 Å². The molecule has 86 valence electrons. The molecule has 2 unspecified atom stereocenters. The van der Waals surface area contributed by atoms with E-state index in [1.807, 2.05) is 0 Å². The fourth-order valence-corrected chi connectivity index (χ4v) is 1.94. The summed E-state index contributed by atoms with van der Waals surface area (Å²) in [5, 5.41) is 0. The van der Waals surface area contributed by atoms with E-state index in [9.17, 15) is 0 Å². The Bertz CT molecular complexity index is 115. The molecule has 14 heavy (non-hydrogen) atoms. The van der Waals surface area contributed by atoms with E-state index in [1.54, 1.807) is 14.2 Å². The van der Waals surface area contributed by atoms with Gasteiger partial charge in [0.2, 0.25) is 0 Å². The third-order valence-electron chi connectivity index (χ3n) is 2.88. The van der Waals surface area contributed by atoms with E-state index < -0.39 is 0 Å². The molecule has 0 N–H and O–H groups in total. The van der Waals surface area contributed by atoms with Crippen LogP contribution in [0.25, 0.3) is 0 Å². The monoisotopic (exact) mass is 202 g/mol. The van der Waals surface area contributed by atoms with Gasteiger partial charge < -0.3 is 9.47 Å². The minimum atomic E-state index is 0.659. The van der Waals surface area contributed by atoms with Crippen LogP contribution in [0.3, 0.4) is 0 Å². The molecule has 0 rings (SSSR count). The minimum absolute atomic E-state index is 0.659. The van der Waals surface area contributed by atoms with Crippen molar-refractivity contribution in [2.75, 3.05) is 27.4 Å². The lowest BCUT2D eigenvalue weighted by Gasteiger charge is -2.24. The average Bonchev–Trinajstić information content (AvgIpc) is 2.21. The van der Waals surface area contributed by atoms with Crippen molar-refractivity contribution >= 4 is 0 Å².